The van der Waals surface area contributed by atoms with E-state index in [1.165, 1.54) is 12.8 Å². The van der Waals surface area contributed by atoms with Crippen LogP contribution in [0.4, 0.5) is 0 Å². The second kappa shape index (κ2) is 9.35. The fourth-order valence-corrected chi connectivity index (χ4v) is 4.25. The topological polar surface area (TPSA) is 79.3 Å². The van der Waals surface area contributed by atoms with Crippen LogP contribution in [0.5, 0.6) is 0 Å². The molecule has 0 radical (unpaired) electrons. The molecule has 0 saturated carbocycles. The van der Waals surface area contributed by atoms with E-state index >= 15 is 0 Å². The molecule has 0 aromatic carbocycles. The minimum absolute atomic E-state index is 0.0718. The minimum Gasteiger partial charge on any atom is -0.352 e. The third-order valence-electron chi connectivity index (χ3n) is 6.17. The van der Waals surface area contributed by atoms with E-state index in [4.69, 9.17) is 0 Å². The standard InChI is InChI=1S/C20H33N5O2/c1-15(17-3-7-21-8-4-17)11-19(26)25-9-5-16(6-10-25)12-22-20(27)18-13-23-24(2)14-18/h13-17,21H,3-12H2,1-2H3,(H,22,27). The highest BCUT2D eigenvalue weighted by Gasteiger charge is 2.27. The fourth-order valence-electron chi connectivity index (χ4n) is 4.25. The quantitative estimate of drug-likeness (QED) is 0.788. The Hall–Kier alpha value is -1.89. The van der Waals surface area contributed by atoms with Crippen LogP contribution in [0.3, 0.4) is 0 Å². The van der Waals surface area contributed by atoms with Gasteiger partial charge in [0.25, 0.3) is 5.91 Å². The average Bonchev–Trinajstić information content (AvgIpc) is 3.13. The fraction of sp³-hybridized carbons (Fsp3) is 0.750. The number of piperidine rings is 2. The van der Waals surface area contributed by atoms with E-state index in [2.05, 4.69) is 22.7 Å². The highest BCUT2D eigenvalue weighted by molar-refractivity contribution is 5.93. The largest absolute Gasteiger partial charge is 0.352 e. The molecule has 2 fully saturated rings. The number of aryl methyl sites for hydroxylation is 1. The monoisotopic (exact) mass is 375 g/mol. The first-order valence-electron chi connectivity index (χ1n) is 10.3. The molecule has 2 amide bonds. The number of amides is 2. The predicted molar refractivity (Wildman–Crippen MR) is 104 cm³/mol. The normalized spacial score (nSPS) is 20.4. The van der Waals surface area contributed by atoms with Crippen LogP contribution >= 0.6 is 0 Å². The number of carbonyl (C=O) groups excluding carboxylic acids is 2. The zero-order valence-electron chi connectivity index (χ0n) is 16.6. The predicted octanol–water partition coefficient (Wildman–Crippen LogP) is 1.41. The molecule has 1 aromatic rings. The molecule has 1 atom stereocenters. The van der Waals surface area contributed by atoms with Gasteiger partial charge in [0, 0.05) is 39.3 Å². The van der Waals surface area contributed by atoms with Gasteiger partial charge in [-0.3, -0.25) is 14.3 Å². The summed E-state index contributed by atoms with van der Waals surface area (Å²) in [6, 6.07) is 0. The van der Waals surface area contributed by atoms with Gasteiger partial charge in [-0.05, 0) is 56.5 Å². The first kappa shape index (κ1) is 19.9. The highest BCUT2D eigenvalue weighted by atomic mass is 16.2. The number of nitrogens with one attached hydrogen (secondary N) is 2. The molecular weight excluding hydrogens is 342 g/mol. The van der Waals surface area contributed by atoms with Crippen LogP contribution in [-0.2, 0) is 11.8 Å². The smallest absolute Gasteiger partial charge is 0.254 e. The Labute approximate surface area is 161 Å². The molecule has 7 heteroatoms. The highest BCUT2D eigenvalue weighted by Crippen LogP contribution is 2.26. The van der Waals surface area contributed by atoms with Gasteiger partial charge in [-0.2, -0.15) is 5.10 Å². The average molecular weight is 376 g/mol. The molecule has 150 valence electrons. The molecule has 7 nitrogen and oxygen atoms in total. The van der Waals surface area contributed by atoms with Crippen LogP contribution in [0, 0.1) is 17.8 Å². The number of likely N-dealkylation sites (tertiary alicyclic amines) is 1. The van der Waals surface area contributed by atoms with Crippen LogP contribution in [0.15, 0.2) is 12.4 Å². The Morgan fingerprint density at radius 2 is 1.96 bits per heavy atom. The molecular formula is C20H33N5O2. The van der Waals surface area contributed by atoms with Crippen molar-refractivity contribution < 1.29 is 9.59 Å². The summed E-state index contributed by atoms with van der Waals surface area (Å²) in [5.41, 5.74) is 0.594. The maximum absolute atomic E-state index is 12.6. The van der Waals surface area contributed by atoms with E-state index in [1.807, 2.05) is 4.90 Å². The van der Waals surface area contributed by atoms with E-state index < -0.39 is 0 Å². The molecule has 0 bridgehead atoms. The molecule has 2 aliphatic heterocycles. The Balaban J connectivity index is 1.36. The summed E-state index contributed by atoms with van der Waals surface area (Å²) < 4.78 is 1.63. The molecule has 1 unspecified atom stereocenters. The maximum atomic E-state index is 12.6. The van der Waals surface area contributed by atoms with Gasteiger partial charge in [-0.25, -0.2) is 0 Å². The lowest BCUT2D eigenvalue weighted by Gasteiger charge is -2.34. The Morgan fingerprint density at radius 3 is 2.59 bits per heavy atom. The van der Waals surface area contributed by atoms with E-state index in [1.54, 1.807) is 24.1 Å². The van der Waals surface area contributed by atoms with Gasteiger partial charge in [0.05, 0.1) is 11.8 Å². The summed E-state index contributed by atoms with van der Waals surface area (Å²) in [5, 5.41) is 10.4. The number of rotatable bonds is 6. The second-order valence-corrected chi connectivity index (χ2v) is 8.21. The Morgan fingerprint density at radius 1 is 1.26 bits per heavy atom. The third-order valence-corrected chi connectivity index (χ3v) is 6.17. The number of carbonyl (C=O) groups is 2. The molecule has 3 rings (SSSR count). The van der Waals surface area contributed by atoms with Gasteiger partial charge in [-0.15, -0.1) is 0 Å². The van der Waals surface area contributed by atoms with E-state index in [9.17, 15) is 9.59 Å². The van der Waals surface area contributed by atoms with Crippen molar-refractivity contribution in [1.29, 1.82) is 0 Å². The Bertz CT molecular complexity index is 630. The van der Waals surface area contributed by atoms with Crippen LogP contribution in [-0.4, -0.2) is 59.2 Å². The number of aromatic nitrogens is 2. The van der Waals surface area contributed by atoms with Crippen molar-refractivity contribution in [3.63, 3.8) is 0 Å². The summed E-state index contributed by atoms with van der Waals surface area (Å²) in [5.74, 6) is 1.82. The van der Waals surface area contributed by atoms with Gasteiger partial charge in [0.1, 0.15) is 0 Å². The number of hydrogen-bond acceptors (Lipinski definition) is 4. The van der Waals surface area contributed by atoms with Crippen molar-refractivity contribution >= 4 is 11.8 Å². The minimum atomic E-state index is -0.0718. The lowest BCUT2D eigenvalue weighted by Crippen LogP contribution is -2.42. The van der Waals surface area contributed by atoms with E-state index in [0.717, 1.165) is 39.0 Å². The van der Waals surface area contributed by atoms with Crippen LogP contribution in [0.1, 0.15) is 49.4 Å². The van der Waals surface area contributed by atoms with Crippen molar-refractivity contribution in [2.24, 2.45) is 24.8 Å². The first-order valence-corrected chi connectivity index (χ1v) is 10.3. The van der Waals surface area contributed by atoms with Gasteiger partial charge in [0.2, 0.25) is 5.91 Å². The molecule has 0 spiro atoms. The zero-order valence-corrected chi connectivity index (χ0v) is 16.6. The Kier molecular flexibility index (Phi) is 6.88. The first-order chi connectivity index (χ1) is 13.0. The number of hydrogen-bond donors (Lipinski definition) is 2. The second-order valence-electron chi connectivity index (χ2n) is 8.21. The summed E-state index contributed by atoms with van der Waals surface area (Å²) in [7, 11) is 1.80. The molecule has 2 aliphatic rings. The van der Waals surface area contributed by atoms with Crippen molar-refractivity contribution in [2.75, 3.05) is 32.7 Å². The van der Waals surface area contributed by atoms with Gasteiger partial charge in [-0.1, -0.05) is 6.92 Å². The van der Waals surface area contributed by atoms with Crippen molar-refractivity contribution in [1.82, 2.24) is 25.3 Å². The molecule has 2 saturated heterocycles. The molecule has 3 heterocycles. The van der Waals surface area contributed by atoms with Crippen molar-refractivity contribution in [2.45, 2.75) is 39.0 Å². The summed E-state index contributed by atoms with van der Waals surface area (Å²) in [6.45, 7) is 6.69. The number of nitrogens with zero attached hydrogens (tertiary/aromatic N) is 3. The van der Waals surface area contributed by atoms with Crippen LogP contribution in [0.2, 0.25) is 0 Å². The van der Waals surface area contributed by atoms with E-state index in [-0.39, 0.29) is 5.91 Å². The third kappa shape index (κ3) is 5.54. The van der Waals surface area contributed by atoms with Crippen molar-refractivity contribution in [3.05, 3.63) is 18.0 Å². The molecule has 2 N–H and O–H groups in total. The summed E-state index contributed by atoms with van der Waals surface area (Å²) in [4.78, 5) is 26.8. The van der Waals surface area contributed by atoms with E-state index in [0.29, 0.717) is 42.2 Å². The molecule has 0 aliphatic carbocycles. The maximum Gasteiger partial charge on any atom is 0.254 e. The summed E-state index contributed by atoms with van der Waals surface area (Å²) >= 11 is 0. The SMILES string of the molecule is CC(CC(=O)N1CCC(CNC(=O)c2cnn(C)c2)CC1)C1CCNCC1. The van der Waals surface area contributed by atoms with Gasteiger partial charge in [0.15, 0.2) is 0 Å². The molecule has 1 aromatic heterocycles. The molecule has 27 heavy (non-hydrogen) atoms. The van der Waals surface area contributed by atoms with Crippen molar-refractivity contribution in [3.8, 4) is 0 Å². The summed E-state index contributed by atoms with van der Waals surface area (Å²) in [6.07, 6.45) is 8.27. The van der Waals surface area contributed by atoms with Gasteiger partial charge >= 0.3 is 0 Å². The lowest BCUT2D eigenvalue weighted by molar-refractivity contribution is -0.134. The van der Waals surface area contributed by atoms with Crippen LogP contribution in [0.25, 0.3) is 0 Å². The van der Waals surface area contributed by atoms with Crippen LogP contribution < -0.4 is 10.6 Å². The lowest BCUT2D eigenvalue weighted by atomic mass is 9.83. The zero-order chi connectivity index (χ0) is 19.2. The van der Waals surface area contributed by atoms with Gasteiger partial charge < -0.3 is 15.5 Å².